The minimum Gasteiger partial charge on any atom is -0.351 e. The fourth-order valence-corrected chi connectivity index (χ4v) is 2.23. The second kappa shape index (κ2) is 5.69. The zero-order chi connectivity index (χ0) is 14.0. The Bertz CT molecular complexity index is 497. The standard InChI is InChI=1S/C12H14ClF2N3O/c1-2-5-16-8(19)6-18-11(7-3-4-7)9(13)10(17-18)12(14)15/h2,7,12H,1,3-6H2,(H,16,19). The van der Waals surface area contributed by atoms with Crippen molar-refractivity contribution in [1.29, 1.82) is 0 Å². The van der Waals surface area contributed by atoms with Crippen molar-refractivity contribution in [3.8, 4) is 0 Å². The molecule has 0 spiro atoms. The maximum atomic E-state index is 12.8. The summed E-state index contributed by atoms with van der Waals surface area (Å²) >= 11 is 5.94. The molecule has 0 bridgehead atoms. The van der Waals surface area contributed by atoms with Crippen LogP contribution in [0.25, 0.3) is 0 Å². The number of nitrogens with one attached hydrogen (secondary N) is 1. The largest absolute Gasteiger partial charge is 0.351 e. The summed E-state index contributed by atoms with van der Waals surface area (Å²) in [6.07, 6.45) is 0.591. The van der Waals surface area contributed by atoms with Crippen molar-refractivity contribution in [2.45, 2.75) is 31.7 Å². The minimum absolute atomic E-state index is 0.00554. The third-order valence-electron chi connectivity index (χ3n) is 2.86. The number of nitrogens with zero attached hydrogens (tertiary/aromatic N) is 2. The van der Waals surface area contributed by atoms with Gasteiger partial charge >= 0.3 is 0 Å². The van der Waals surface area contributed by atoms with E-state index in [1.54, 1.807) is 6.08 Å². The molecule has 0 aliphatic heterocycles. The van der Waals surface area contributed by atoms with Crippen LogP contribution in [0.4, 0.5) is 8.78 Å². The summed E-state index contributed by atoms with van der Waals surface area (Å²) in [5.74, 6) is -0.165. The lowest BCUT2D eigenvalue weighted by atomic mass is 10.2. The van der Waals surface area contributed by atoms with Gasteiger partial charge in [0.05, 0.1) is 10.7 Å². The van der Waals surface area contributed by atoms with Gasteiger partial charge in [-0.2, -0.15) is 5.10 Å². The summed E-state index contributed by atoms with van der Waals surface area (Å²) < 4.78 is 26.8. The first-order chi connectivity index (χ1) is 9.04. The summed E-state index contributed by atoms with van der Waals surface area (Å²) in [7, 11) is 0. The Kier molecular flexibility index (Phi) is 4.19. The van der Waals surface area contributed by atoms with E-state index in [1.165, 1.54) is 4.68 Å². The van der Waals surface area contributed by atoms with E-state index in [1.807, 2.05) is 0 Å². The molecule has 19 heavy (non-hydrogen) atoms. The second-order valence-electron chi connectivity index (χ2n) is 4.41. The zero-order valence-corrected chi connectivity index (χ0v) is 11.0. The summed E-state index contributed by atoms with van der Waals surface area (Å²) in [4.78, 5) is 11.6. The van der Waals surface area contributed by atoms with E-state index >= 15 is 0 Å². The van der Waals surface area contributed by atoms with Crippen molar-refractivity contribution in [1.82, 2.24) is 15.1 Å². The molecule has 0 aromatic carbocycles. The van der Waals surface area contributed by atoms with Crippen molar-refractivity contribution < 1.29 is 13.6 Å². The summed E-state index contributed by atoms with van der Waals surface area (Å²) in [6.45, 7) is 3.70. The lowest BCUT2D eigenvalue weighted by Gasteiger charge is -2.06. The van der Waals surface area contributed by atoms with Crippen LogP contribution in [0.2, 0.25) is 5.02 Å². The molecule has 104 valence electrons. The highest BCUT2D eigenvalue weighted by molar-refractivity contribution is 6.32. The first kappa shape index (κ1) is 14.0. The molecular weight excluding hydrogens is 276 g/mol. The first-order valence-corrected chi connectivity index (χ1v) is 6.34. The lowest BCUT2D eigenvalue weighted by Crippen LogP contribution is -2.28. The van der Waals surface area contributed by atoms with Crippen LogP contribution in [0.5, 0.6) is 0 Å². The molecule has 4 nitrogen and oxygen atoms in total. The van der Waals surface area contributed by atoms with Gasteiger partial charge in [-0.1, -0.05) is 17.7 Å². The van der Waals surface area contributed by atoms with E-state index in [0.29, 0.717) is 12.2 Å². The highest BCUT2D eigenvalue weighted by Crippen LogP contribution is 2.45. The third kappa shape index (κ3) is 3.12. The zero-order valence-electron chi connectivity index (χ0n) is 10.2. The average molecular weight is 290 g/mol. The van der Waals surface area contributed by atoms with Crippen LogP contribution in [0, 0.1) is 0 Å². The smallest absolute Gasteiger partial charge is 0.283 e. The number of hydrogen-bond donors (Lipinski definition) is 1. The topological polar surface area (TPSA) is 46.9 Å². The molecule has 1 aromatic heterocycles. The Morgan fingerprint density at radius 1 is 1.63 bits per heavy atom. The van der Waals surface area contributed by atoms with Gasteiger partial charge in [-0.05, 0) is 12.8 Å². The molecule has 1 saturated carbocycles. The number of alkyl halides is 2. The quantitative estimate of drug-likeness (QED) is 0.819. The summed E-state index contributed by atoms with van der Waals surface area (Å²) in [6, 6.07) is 0. The molecule has 2 rings (SSSR count). The van der Waals surface area contributed by atoms with Gasteiger partial charge in [0.1, 0.15) is 12.2 Å². The maximum absolute atomic E-state index is 12.8. The van der Waals surface area contributed by atoms with Crippen molar-refractivity contribution in [2.24, 2.45) is 0 Å². The minimum atomic E-state index is -2.73. The van der Waals surface area contributed by atoms with E-state index in [-0.39, 0.29) is 23.4 Å². The monoisotopic (exact) mass is 289 g/mol. The van der Waals surface area contributed by atoms with Crippen LogP contribution in [-0.2, 0) is 11.3 Å². The van der Waals surface area contributed by atoms with Gasteiger partial charge in [0.2, 0.25) is 5.91 Å². The molecule has 0 saturated heterocycles. The molecule has 0 radical (unpaired) electrons. The fraction of sp³-hybridized carbons (Fsp3) is 0.500. The molecular formula is C12H14ClF2N3O. The lowest BCUT2D eigenvalue weighted by molar-refractivity contribution is -0.121. The number of carbonyl (C=O) groups is 1. The Morgan fingerprint density at radius 2 is 2.32 bits per heavy atom. The molecule has 1 N–H and O–H groups in total. The van der Waals surface area contributed by atoms with Crippen LogP contribution >= 0.6 is 11.6 Å². The fourth-order valence-electron chi connectivity index (χ4n) is 1.86. The maximum Gasteiger partial charge on any atom is 0.283 e. The van der Waals surface area contributed by atoms with E-state index in [0.717, 1.165) is 12.8 Å². The number of rotatable bonds is 6. The van der Waals surface area contributed by atoms with Gasteiger partial charge < -0.3 is 5.32 Å². The Balaban J connectivity index is 2.21. The normalized spacial score (nSPS) is 14.7. The summed E-state index contributed by atoms with van der Waals surface area (Å²) in [5.41, 5.74) is 0.103. The molecule has 1 aliphatic rings. The highest BCUT2D eigenvalue weighted by Gasteiger charge is 2.34. The van der Waals surface area contributed by atoms with E-state index in [2.05, 4.69) is 17.0 Å². The summed E-state index contributed by atoms with van der Waals surface area (Å²) in [5, 5.41) is 6.34. The van der Waals surface area contributed by atoms with Gasteiger partial charge in [-0.3, -0.25) is 9.48 Å². The van der Waals surface area contributed by atoms with Crippen LogP contribution < -0.4 is 5.32 Å². The Hall–Kier alpha value is -1.43. The number of carbonyl (C=O) groups excluding carboxylic acids is 1. The second-order valence-corrected chi connectivity index (χ2v) is 4.79. The van der Waals surface area contributed by atoms with E-state index in [9.17, 15) is 13.6 Å². The van der Waals surface area contributed by atoms with Crippen LogP contribution in [0.3, 0.4) is 0 Å². The predicted octanol–water partition coefficient (Wildman–Crippen LogP) is 2.65. The van der Waals surface area contributed by atoms with Crippen LogP contribution in [-0.4, -0.2) is 22.2 Å². The molecule has 1 aromatic rings. The molecule has 0 unspecified atom stereocenters. The van der Waals surface area contributed by atoms with Crippen molar-refractivity contribution in [2.75, 3.05) is 6.54 Å². The van der Waals surface area contributed by atoms with Gasteiger partial charge in [-0.25, -0.2) is 8.78 Å². The SMILES string of the molecule is C=CCNC(=O)Cn1nc(C(F)F)c(Cl)c1C1CC1. The number of hydrogen-bond acceptors (Lipinski definition) is 2. The predicted molar refractivity (Wildman–Crippen MR) is 67.4 cm³/mol. The van der Waals surface area contributed by atoms with Gasteiger partial charge in [0.25, 0.3) is 6.43 Å². The van der Waals surface area contributed by atoms with Crippen LogP contribution in [0.15, 0.2) is 12.7 Å². The molecule has 7 heteroatoms. The number of amides is 1. The van der Waals surface area contributed by atoms with Gasteiger partial charge in [-0.15, -0.1) is 6.58 Å². The number of halogens is 3. The Morgan fingerprint density at radius 3 is 2.84 bits per heavy atom. The first-order valence-electron chi connectivity index (χ1n) is 5.96. The van der Waals surface area contributed by atoms with E-state index in [4.69, 9.17) is 11.6 Å². The van der Waals surface area contributed by atoms with E-state index < -0.39 is 12.1 Å². The third-order valence-corrected chi connectivity index (χ3v) is 3.25. The van der Waals surface area contributed by atoms with Gasteiger partial charge in [0, 0.05) is 12.5 Å². The van der Waals surface area contributed by atoms with Gasteiger partial charge in [0.15, 0.2) is 0 Å². The molecule has 1 aliphatic carbocycles. The molecule has 1 fully saturated rings. The molecule has 1 amide bonds. The molecule has 1 heterocycles. The van der Waals surface area contributed by atoms with Crippen molar-refractivity contribution >= 4 is 17.5 Å². The number of aromatic nitrogens is 2. The Labute approximate surface area is 114 Å². The van der Waals surface area contributed by atoms with Crippen molar-refractivity contribution in [3.05, 3.63) is 29.1 Å². The van der Waals surface area contributed by atoms with Crippen molar-refractivity contribution in [3.63, 3.8) is 0 Å². The van der Waals surface area contributed by atoms with Crippen LogP contribution in [0.1, 0.15) is 36.6 Å². The highest BCUT2D eigenvalue weighted by atomic mass is 35.5. The molecule has 0 atom stereocenters. The average Bonchev–Trinajstić information content (AvgIpc) is 3.12.